The summed E-state index contributed by atoms with van der Waals surface area (Å²) in [5, 5.41) is 9.07. The van der Waals surface area contributed by atoms with Crippen molar-refractivity contribution in [3.63, 3.8) is 0 Å². The molecule has 37 heavy (non-hydrogen) atoms. The molecular weight excluding hydrogens is 485 g/mol. The van der Waals surface area contributed by atoms with Gasteiger partial charge in [0.2, 0.25) is 5.89 Å². The van der Waals surface area contributed by atoms with Crippen molar-refractivity contribution in [1.82, 2.24) is 4.98 Å². The number of benzene rings is 3. The predicted octanol–water partition coefficient (Wildman–Crippen LogP) is 6.56. The molecule has 4 rings (SSSR count). The van der Waals surface area contributed by atoms with E-state index < -0.39 is 29.7 Å². The van der Waals surface area contributed by atoms with Gasteiger partial charge in [-0.3, -0.25) is 4.79 Å². The average Bonchev–Trinajstić information content (AvgIpc) is 3.25. The van der Waals surface area contributed by atoms with Gasteiger partial charge in [0.25, 0.3) is 0 Å². The summed E-state index contributed by atoms with van der Waals surface area (Å²) in [6, 6.07) is 20.8. The summed E-state index contributed by atoms with van der Waals surface area (Å²) in [6.07, 6.45) is -5.14. The van der Waals surface area contributed by atoms with E-state index in [1.54, 1.807) is 0 Å². The van der Waals surface area contributed by atoms with Crippen LogP contribution in [0.2, 0.25) is 0 Å². The summed E-state index contributed by atoms with van der Waals surface area (Å²) in [7, 11) is 0. The molecule has 3 aromatic carbocycles. The third-order valence-electron chi connectivity index (χ3n) is 5.82. The molecule has 192 valence electrons. The van der Waals surface area contributed by atoms with Gasteiger partial charge in [-0.05, 0) is 48.7 Å². The van der Waals surface area contributed by atoms with E-state index in [1.807, 2.05) is 54.6 Å². The summed E-state index contributed by atoms with van der Waals surface area (Å²) in [6.45, 7) is 2.91. The smallest absolute Gasteiger partial charge is 0.419 e. The molecule has 0 bridgehead atoms. The number of alkyl halides is 3. The number of carboxylic acids is 1. The number of nitrogens with zero attached hydrogens (tertiary/aromatic N) is 1. The van der Waals surface area contributed by atoms with Crippen molar-refractivity contribution in [1.29, 1.82) is 0 Å². The molecular formula is C28H25F3N2O4. The highest BCUT2D eigenvalue weighted by molar-refractivity contribution is 5.69. The Morgan fingerprint density at radius 3 is 2.24 bits per heavy atom. The van der Waals surface area contributed by atoms with Crippen LogP contribution in [0.5, 0.6) is 5.75 Å². The second-order valence-corrected chi connectivity index (χ2v) is 8.97. The fraction of sp³-hybridized carbons (Fsp3) is 0.214. The Morgan fingerprint density at radius 1 is 1.00 bits per heavy atom. The lowest BCUT2D eigenvalue weighted by atomic mass is 9.99. The lowest BCUT2D eigenvalue weighted by Crippen LogP contribution is -2.35. The van der Waals surface area contributed by atoms with E-state index in [4.69, 9.17) is 20.0 Å². The van der Waals surface area contributed by atoms with Crippen LogP contribution >= 0.6 is 0 Å². The fourth-order valence-corrected chi connectivity index (χ4v) is 3.91. The summed E-state index contributed by atoms with van der Waals surface area (Å²) >= 11 is 0. The molecule has 0 fully saturated rings. The summed E-state index contributed by atoms with van der Waals surface area (Å²) in [5.41, 5.74) is 6.66. The zero-order chi connectivity index (χ0) is 26.8. The van der Waals surface area contributed by atoms with Crippen LogP contribution in [-0.4, -0.2) is 16.1 Å². The van der Waals surface area contributed by atoms with Gasteiger partial charge >= 0.3 is 12.1 Å². The molecule has 0 aliphatic rings. The molecule has 0 saturated carbocycles. The fourth-order valence-electron chi connectivity index (χ4n) is 3.91. The number of hydrogen-bond donors (Lipinski definition) is 2. The number of halogens is 3. The quantitative estimate of drug-likeness (QED) is 0.278. The van der Waals surface area contributed by atoms with E-state index in [0.29, 0.717) is 0 Å². The van der Waals surface area contributed by atoms with Crippen molar-refractivity contribution >= 4 is 5.97 Å². The van der Waals surface area contributed by atoms with Gasteiger partial charge in [-0.15, -0.1) is 0 Å². The highest BCUT2D eigenvalue weighted by atomic mass is 19.4. The average molecular weight is 511 g/mol. The molecule has 0 spiro atoms. The predicted molar refractivity (Wildman–Crippen MR) is 132 cm³/mol. The highest BCUT2D eigenvalue weighted by Gasteiger charge is 2.36. The van der Waals surface area contributed by atoms with Crippen molar-refractivity contribution in [2.45, 2.75) is 38.6 Å². The van der Waals surface area contributed by atoms with E-state index in [2.05, 4.69) is 4.98 Å². The first kappa shape index (κ1) is 26.0. The van der Waals surface area contributed by atoms with Crippen LogP contribution in [0.3, 0.4) is 0 Å². The SMILES string of the molecule is Cc1oc([C@@](C)(N)CC(=O)O)nc1-c1ccc(OCc2ccc(-c3ccccc3)cc2)c(C(F)(F)F)c1. The lowest BCUT2D eigenvalue weighted by molar-refractivity contribution is -0.139. The molecule has 9 heteroatoms. The Balaban J connectivity index is 1.57. The summed E-state index contributed by atoms with van der Waals surface area (Å²) < 4.78 is 52.9. The molecule has 0 radical (unpaired) electrons. The first-order valence-corrected chi connectivity index (χ1v) is 11.4. The van der Waals surface area contributed by atoms with Crippen LogP contribution in [0.4, 0.5) is 13.2 Å². The van der Waals surface area contributed by atoms with Crippen LogP contribution in [0, 0.1) is 6.92 Å². The minimum Gasteiger partial charge on any atom is -0.488 e. The first-order chi connectivity index (χ1) is 17.4. The van der Waals surface area contributed by atoms with Gasteiger partial charge in [0.05, 0.1) is 12.0 Å². The van der Waals surface area contributed by atoms with E-state index in [-0.39, 0.29) is 35.3 Å². The molecule has 6 nitrogen and oxygen atoms in total. The highest BCUT2D eigenvalue weighted by Crippen LogP contribution is 2.40. The number of hydrogen-bond acceptors (Lipinski definition) is 5. The van der Waals surface area contributed by atoms with Crippen LogP contribution in [0.25, 0.3) is 22.4 Å². The van der Waals surface area contributed by atoms with Crippen molar-refractivity contribution in [3.05, 3.63) is 95.6 Å². The van der Waals surface area contributed by atoms with Gasteiger partial charge in [0, 0.05) is 5.56 Å². The molecule has 0 amide bonds. The number of carboxylic acid groups (broad SMARTS) is 1. The largest absolute Gasteiger partial charge is 0.488 e. The number of oxazole rings is 1. The molecule has 0 aliphatic carbocycles. The van der Waals surface area contributed by atoms with Gasteiger partial charge in [0.1, 0.15) is 29.3 Å². The maximum atomic E-state index is 13.9. The Hall–Kier alpha value is -4.11. The topological polar surface area (TPSA) is 98.6 Å². The third kappa shape index (κ3) is 6.00. The summed E-state index contributed by atoms with van der Waals surface area (Å²) in [4.78, 5) is 15.3. The first-order valence-electron chi connectivity index (χ1n) is 11.4. The van der Waals surface area contributed by atoms with Gasteiger partial charge < -0.3 is 20.0 Å². The Morgan fingerprint density at radius 2 is 1.62 bits per heavy atom. The zero-order valence-electron chi connectivity index (χ0n) is 20.2. The Kier molecular flexibility index (Phi) is 7.09. The molecule has 1 heterocycles. The third-order valence-corrected chi connectivity index (χ3v) is 5.82. The number of nitrogens with two attached hydrogens (primary N) is 1. The molecule has 4 aromatic rings. The maximum absolute atomic E-state index is 13.9. The molecule has 0 saturated heterocycles. The van der Waals surface area contributed by atoms with Gasteiger partial charge in [0.15, 0.2) is 0 Å². The van der Waals surface area contributed by atoms with E-state index in [1.165, 1.54) is 26.0 Å². The number of ether oxygens (including phenoxy) is 1. The van der Waals surface area contributed by atoms with E-state index >= 15 is 0 Å². The minimum atomic E-state index is -4.69. The van der Waals surface area contributed by atoms with Gasteiger partial charge in [-0.1, -0.05) is 54.6 Å². The summed E-state index contributed by atoms with van der Waals surface area (Å²) in [5.74, 6) is -1.33. The van der Waals surface area contributed by atoms with Crippen LogP contribution in [-0.2, 0) is 23.1 Å². The van der Waals surface area contributed by atoms with Gasteiger partial charge in [-0.25, -0.2) is 4.98 Å². The van der Waals surface area contributed by atoms with Crippen molar-refractivity contribution in [2.75, 3.05) is 0 Å². The number of aryl methyl sites for hydroxylation is 1. The van der Waals surface area contributed by atoms with Gasteiger partial charge in [-0.2, -0.15) is 13.2 Å². The number of aliphatic carboxylic acids is 1. The monoisotopic (exact) mass is 510 g/mol. The van der Waals surface area contributed by atoms with Crippen LogP contribution in [0.1, 0.15) is 36.1 Å². The molecule has 3 N–H and O–H groups in total. The van der Waals surface area contributed by atoms with E-state index in [0.717, 1.165) is 22.8 Å². The maximum Gasteiger partial charge on any atom is 0.419 e. The molecule has 1 atom stereocenters. The molecule has 0 aliphatic heterocycles. The second-order valence-electron chi connectivity index (χ2n) is 8.97. The standard InChI is InChI=1S/C28H25F3N2O4/c1-17-25(33-26(37-17)27(2,32)15-24(34)35)21-12-13-23(22(14-21)28(29,30)31)36-16-18-8-10-20(11-9-18)19-6-4-3-5-7-19/h3-14H,15-16,32H2,1-2H3,(H,34,35)/t27-/m0/s1. The zero-order valence-corrected chi connectivity index (χ0v) is 20.2. The van der Waals surface area contributed by atoms with Crippen molar-refractivity contribution in [2.24, 2.45) is 5.73 Å². The normalized spacial score (nSPS) is 13.2. The Labute approximate surface area is 211 Å². The Bertz CT molecular complexity index is 1400. The minimum absolute atomic E-state index is 0.0502. The van der Waals surface area contributed by atoms with Crippen LogP contribution < -0.4 is 10.5 Å². The second kappa shape index (κ2) is 10.1. The van der Waals surface area contributed by atoms with Crippen molar-refractivity contribution in [3.8, 4) is 28.1 Å². The number of rotatable bonds is 8. The van der Waals surface area contributed by atoms with E-state index in [9.17, 15) is 18.0 Å². The molecule has 0 unspecified atom stereocenters. The lowest BCUT2D eigenvalue weighted by Gasteiger charge is -2.17. The van der Waals surface area contributed by atoms with Crippen LogP contribution in [0.15, 0.2) is 77.2 Å². The van der Waals surface area contributed by atoms with Crippen molar-refractivity contribution < 1.29 is 32.2 Å². The number of carbonyl (C=O) groups is 1. The molecule has 1 aromatic heterocycles. The number of aromatic nitrogens is 1.